The van der Waals surface area contributed by atoms with E-state index in [1.807, 2.05) is 6.92 Å². The summed E-state index contributed by atoms with van der Waals surface area (Å²) >= 11 is 1.37. The van der Waals surface area contributed by atoms with E-state index in [9.17, 15) is 4.79 Å². The lowest BCUT2D eigenvalue weighted by molar-refractivity contribution is 0.983. The zero-order valence-corrected chi connectivity index (χ0v) is 8.13. The van der Waals surface area contributed by atoms with E-state index in [1.54, 1.807) is 6.07 Å². The van der Waals surface area contributed by atoms with Crippen LogP contribution >= 0.6 is 11.3 Å². The maximum atomic E-state index is 10.9. The molecular formula is C7H7N5OS. The van der Waals surface area contributed by atoms with Gasteiger partial charge in [-0.05, 0) is 13.0 Å². The van der Waals surface area contributed by atoms with Gasteiger partial charge in [-0.15, -0.1) is 10.2 Å². The average Bonchev–Trinajstić information content (AvgIpc) is 2.51. The molecule has 0 radical (unpaired) electrons. The highest BCUT2D eigenvalue weighted by atomic mass is 32.1. The van der Waals surface area contributed by atoms with Gasteiger partial charge in [0.05, 0.1) is 0 Å². The molecule has 0 saturated heterocycles. The number of hydrogen-bond acceptors (Lipinski definition) is 5. The third-order valence-corrected chi connectivity index (χ3v) is 2.16. The minimum absolute atomic E-state index is 0.299. The van der Waals surface area contributed by atoms with Gasteiger partial charge >= 0.3 is 5.69 Å². The van der Waals surface area contributed by atoms with Crippen LogP contribution in [0.4, 0.5) is 5.13 Å². The van der Waals surface area contributed by atoms with E-state index in [0.29, 0.717) is 10.6 Å². The van der Waals surface area contributed by atoms with Crippen molar-refractivity contribution in [2.45, 2.75) is 6.92 Å². The van der Waals surface area contributed by atoms with Crippen LogP contribution < -0.4 is 11.2 Å². The van der Waals surface area contributed by atoms with Crippen LogP contribution in [0, 0.1) is 6.92 Å². The Bertz CT molecular complexity index is 551. The molecule has 6 nitrogen and oxygen atoms in total. The average molecular weight is 209 g/mol. The predicted octanol–water partition coefficient (Wildman–Crippen LogP) is 0.0953. The molecular weight excluding hydrogens is 202 g/mol. The van der Waals surface area contributed by atoms with Crippen molar-refractivity contribution in [1.82, 2.24) is 20.2 Å². The van der Waals surface area contributed by atoms with Crippen molar-refractivity contribution in [2.75, 3.05) is 0 Å². The maximum absolute atomic E-state index is 10.9. The first-order chi connectivity index (χ1) is 6.74. The number of aromatic nitrogens is 4. The van der Waals surface area contributed by atoms with Gasteiger partial charge in [-0.3, -0.25) is 4.98 Å². The van der Waals surface area contributed by atoms with Crippen LogP contribution in [0.15, 0.2) is 22.1 Å². The number of rotatable bonds is 1. The molecule has 2 aromatic heterocycles. The van der Waals surface area contributed by atoms with Gasteiger partial charge in [-0.1, -0.05) is 11.3 Å². The quantitative estimate of drug-likeness (QED) is 0.698. The first-order valence-corrected chi connectivity index (χ1v) is 4.68. The third-order valence-electron chi connectivity index (χ3n) is 1.43. The van der Waals surface area contributed by atoms with Gasteiger partial charge in [-0.25, -0.2) is 9.79 Å². The Morgan fingerprint density at radius 1 is 1.50 bits per heavy atom. The second-order valence-electron chi connectivity index (χ2n) is 2.53. The maximum Gasteiger partial charge on any atom is 0.324 e. The summed E-state index contributed by atoms with van der Waals surface area (Å²) in [6.45, 7) is 1.85. The van der Waals surface area contributed by atoms with Crippen molar-refractivity contribution < 1.29 is 0 Å². The van der Waals surface area contributed by atoms with Crippen LogP contribution in [0.3, 0.4) is 0 Å². The van der Waals surface area contributed by atoms with Crippen LogP contribution in [-0.2, 0) is 0 Å². The van der Waals surface area contributed by atoms with Gasteiger partial charge in [0.15, 0.2) is 0 Å². The molecule has 2 rings (SSSR count). The van der Waals surface area contributed by atoms with Gasteiger partial charge in [0, 0.05) is 6.20 Å². The van der Waals surface area contributed by atoms with E-state index in [-0.39, 0.29) is 5.69 Å². The lowest BCUT2D eigenvalue weighted by atomic mass is 10.6. The molecule has 2 aromatic rings. The van der Waals surface area contributed by atoms with Crippen molar-refractivity contribution in [1.29, 1.82) is 0 Å². The summed E-state index contributed by atoms with van der Waals surface area (Å²) < 4.78 is 0. The zero-order chi connectivity index (χ0) is 9.97. The fourth-order valence-electron chi connectivity index (χ4n) is 0.890. The van der Waals surface area contributed by atoms with Gasteiger partial charge in [-0.2, -0.15) is 0 Å². The van der Waals surface area contributed by atoms with Gasteiger partial charge in [0.1, 0.15) is 10.5 Å². The molecule has 0 aliphatic rings. The molecule has 2 heterocycles. The molecule has 0 aliphatic heterocycles. The van der Waals surface area contributed by atoms with E-state index < -0.39 is 0 Å². The lowest BCUT2D eigenvalue weighted by Crippen LogP contribution is -2.20. The molecule has 0 saturated carbocycles. The number of nitrogens with one attached hydrogen (secondary N) is 2. The monoisotopic (exact) mass is 209 g/mol. The van der Waals surface area contributed by atoms with Crippen molar-refractivity contribution in [2.24, 2.45) is 4.99 Å². The first kappa shape index (κ1) is 8.82. The number of aryl methyl sites for hydroxylation is 1. The molecule has 0 spiro atoms. The highest BCUT2D eigenvalue weighted by Crippen LogP contribution is 2.15. The van der Waals surface area contributed by atoms with Crippen molar-refractivity contribution >= 4 is 16.5 Å². The molecule has 7 heteroatoms. The van der Waals surface area contributed by atoms with Crippen LogP contribution in [0.1, 0.15) is 5.01 Å². The first-order valence-electron chi connectivity index (χ1n) is 3.87. The van der Waals surface area contributed by atoms with Crippen LogP contribution in [-0.4, -0.2) is 20.2 Å². The molecule has 2 N–H and O–H groups in total. The number of hydrogen-bond donors (Lipinski definition) is 2. The second kappa shape index (κ2) is 3.54. The Kier molecular flexibility index (Phi) is 2.23. The summed E-state index contributed by atoms with van der Waals surface area (Å²) in [5.74, 6) is 0. The summed E-state index contributed by atoms with van der Waals surface area (Å²) in [5, 5.41) is 8.99. The number of H-pyrrole nitrogens is 2. The summed E-state index contributed by atoms with van der Waals surface area (Å²) in [5.41, 5.74) is 0.164. The standard InChI is InChI=1S/C7H7N5OS/c1-4-11-12-7(14-4)10-5-2-3-8-6(13)9-5/h2-3H,1H3,(H2,8,9,10,12,13). The minimum atomic E-state index is -0.299. The third kappa shape index (κ3) is 1.94. The van der Waals surface area contributed by atoms with Crippen molar-refractivity contribution in [3.05, 3.63) is 33.2 Å². The Morgan fingerprint density at radius 2 is 2.36 bits per heavy atom. The molecule has 72 valence electrons. The second-order valence-corrected chi connectivity index (χ2v) is 3.69. The fraction of sp³-hybridized carbons (Fsp3) is 0.143. The van der Waals surface area contributed by atoms with Gasteiger partial charge in [0.25, 0.3) is 0 Å². The van der Waals surface area contributed by atoms with Gasteiger partial charge < -0.3 is 4.98 Å². The molecule has 0 bridgehead atoms. The molecule has 0 fully saturated rings. The summed E-state index contributed by atoms with van der Waals surface area (Å²) in [4.78, 5) is 20.0. The number of aromatic amines is 2. The Hall–Kier alpha value is -1.76. The zero-order valence-electron chi connectivity index (χ0n) is 7.31. The fourth-order valence-corrected chi connectivity index (χ4v) is 1.46. The van der Waals surface area contributed by atoms with E-state index in [1.165, 1.54) is 17.5 Å². The minimum Gasteiger partial charge on any atom is -0.314 e. The molecule has 14 heavy (non-hydrogen) atoms. The molecule has 0 unspecified atom stereocenters. The Balaban J connectivity index is 2.49. The van der Waals surface area contributed by atoms with Crippen molar-refractivity contribution in [3.63, 3.8) is 0 Å². The molecule has 0 aromatic carbocycles. The molecule has 0 atom stereocenters. The normalized spacial score (nSPS) is 11.9. The van der Waals surface area contributed by atoms with E-state index >= 15 is 0 Å². The van der Waals surface area contributed by atoms with E-state index in [4.69, 9.17) is 0 Å². The van der Waals surface area contributed by atoms with E-state index in [0.717, 1.165) is 5.01 Å². The van der Waals surface area contributed by atoms with E-state index in [2.05, 4.69) is 25.2 Å². The van der Waals surface area contributed by atoms with Gasteiger partial charge in [0.2, 0.25) is 5.13 Å². The van der Waals surface area contributed by atoms with Crippen LogP contribution in [0.2, 0.25) is 0 Å². The molecule has 0 aliphatic carbocycles. The highest BCUT2D eigenvalue weighted by molar-refractivity contribution is 7.14. The SMILES string of the molecule is Cc1nnc(N=c2cc[nH]c(=O)[nH]2)s1. The predicted molar refractivity (Wildman–Crippen MR) is 51.3 cm³/mol. The number of nitrogens with zero attached hydrogens (tertiary/aromatic N) is 3. The Labute approximate surface area is 82.4 Å². The largest absolute Gasteiger partial charge is 0.324 e. The molecule has 0 amide bonds. The highest BCUT2D eigenvalue weighted by Gasteiger charge is 1.95. The van der Waals surface area contributed by atoms with Crippen LogP contribution in [0.5, 0.6) is 0 Å². The topological polar surface area (TPSA) is 86.8 Å². The summed E-state index contributed by atoms with van der Waals surface area (Å²) in [6.07, 6.45) is 1.52. The summed E-state index contributed by atoms with van der Waals surface area (Å²) in [6, 6.07) is 1.65. The smallest absolute Gasteiger partial charge is 0.314 e. The lowest BCUT2D eigenvalue weighted by Gasteiger charge is -1.84. The Morgan fingerprint density at radius 3 is 3.00 bits per heavy atom. The van der Waals surface area contributed by atoms with Crippen LogP contribution in [0.25, 0.3) is 0 Å². The summed E-state index contributed by atoms with van der Waals surface area (Å²) in [7, 11) is 0. The van der Waals surface area contributed by atoms with Crippen molar-refractivity contribution in [3.8, 4) is 0 Å².